The molecule has 0 N–H and O–H groups in total. The molecule has 0 atom stereocenters. The fourth-order valence-electron chi connectivity index (χ4n) is 7.25. The maximum Gasteiger partial charge on any atom is 0.253 e. The maximum atomic E-state index is 13.8. The van der Waals surface area contributed by atoms with E-state index in [1.807, 2.05) is 12.1 Å². The first kappa shape index (κ1) is 20.0. The van der Waals surface area contributed by atoms with Gasteiger partial charge >= 0.3 is 0 Å². The van der Waals surface area contributed by atoms with Crippen LogP contribution in [0.25, 0.3) is 0 Å². The Hall–Kier alpha value is -1.97. The van der Waals surface area contributed by atoms with Gasteiger partial charge < -0.3 is 4.90 Å². The highest BCUT2D eigenvalue weighted by atomic mass is 16.2. The number of hydrogen-bond acceptors (Lipinski definition) is 3. The lowest BCUT2D eigenvalue weighted by Crippen LogP contribution is -2.50. The van der Waals surface area contributed by atoms with Crippen molar-refractivity contribution in [1.82, 2.24) is 4.90 Å². The lowest BCUT2D eigenvalue weighted by molar-refractivity contribution is -0.142. The van der Waals surface area contributed by atoms with E-state index in [1.165, 1.54) is 24.8 Å². The topological polar surface area (TPSA) is 49.7 Å². The number of ketones is 1. The number of rotatable bonds is 4. The van der Waals surface area contributed by atoms with Gasteiger partial charge in [0.15, 0.2) is 0 Å². The van der Waals surface area contributed by atoms with Crippen LogP contribution >= 0.6 is 0 Å². The van der Waals surface area contributed by atoms with E-state index in [2.05, 4.69) is 19.9 Å². The number of fused-ring (bicyclic) bond motifs is 1. The second kappa shape index (κ2) is 6.77. The summed E-state index contributed by atoms with van der Waals surface area (Å²) in [6, 6.07) is 5.96. The van der Waals surface area contributed by atoms with E-state index in [1.54, 1.807) is 19.0 Å². The summed E-state index contributed by atoms with van der Waals surface area (Å²) in [5.74, 6) is 2.70. The van der Waals surface area contributed by atoms with Crippen LogP contribution in [-0.2, 0) is 11.2 Å². The van der Waals surface area contributed by atoms with Gasteiger partial charge in [0.2, 0.25) is 0 Å². The Morgan fingerprint density at radius 2 is 1.63 bits per heavy atom. The Morgan fingerprint density at radius 3 is 2.20 bits per heavy atom. The van der Waals surface area contributed by atoms with E-state index in [0.717, 1.165) is 54.7 Å². The van der Waals surface area contributed by atoms with Crippen molar-refractivity contribution in [3.8, 4) is 0 Å². The number of aliphatic imine (C=N–C) groups is 1. The van der Waals surface area contributed by atoms with Gasteiger partial charge in [-0.1, -0.05) is 6.07 Å². The van der Waals surface area contributed by atoms with E-state index in [9.17, 15) is 9.59 Å². The Bertz CT molecular complexity index is 905. The van der Waals surface area contributed by atoms with Crippen LogP contribution in [0.1, 0.15) is 80.3 Å². The van der Waals surface area contributed by atoms with Crippen molar-refractivity contribution < 1.29 is 9.59 Å². The SMILES string of the molecule is CN(C)C(=O)c1ccc2c(c1)C(CC(=O)C13CC4CC(CC(C4)C1)C3)=NC(C)(C)C2. The molecule has 1 aromatic rings. The average Bonchev–Trinajstić information content (AvgIpc) is 2.65. The molecule has 4 fully saturated rings. The summed E-state index contributed by atoms with van der Waals surface area (Å²) in [5, 5.41) is 0. The number of Topliss-reactive ketones (excluding diaryl/α,β-unsaturated/α-hetero) is 1. The molecule has 4 saturated carbocycles. The Morgan fingerprint density at radius 1 is 1.03 bits per heavy atom. The van der Waals surface area contributed by atoms with Crippen molar-refractivity contribution in [2.24, 2.45) is 28.2 Å². The molecule has 4 heteroatoms. The summed E-state index contributed by atoms with van der Waals surface area (Å²) >= 11 is 0. The quantitative estimate of drug-likeness (QED) is 0.728. The molecule has 5 aliphatic rings. The molecule has 0 unspecified atom stereocenters. The zero-order valence-corrected chi connectivity index (χ0v) is 18.8. The number of carbonyl (C=O) groups is 2. The Balaban J connectivity index is 1.47. The molecular formula is C26H34N2O2. The van der Waals surface area contributed by atoms with Gasteiger partial charge in [-0.3, -0.25) is 14.6 Å². The fraction of sp³-hybridized carbons (Fsp3) is 0.654. The summed E-state index contributed by atoms with van der Waals surface area (Å²) < 4.78 is 0. The number of benzene rings is 1. The molecule has 1 aliphatic heterocycles. The zero-order chi connectivity index (χ0) is 21.3. The van der Waals surface area contributed by atoms with Crippen LogP contribution in [0.2, 0.25) is 0 Å². The number of nitrogens with zero attached hydrogens (tertiary/aromatic N) is 2. The summed E-state index contributed by atoms with van der Waals surface area (Å²) in [4.78, 5) is 32.9. The molecule has 4 nitrogen and oxygen atoms in total. The van der Waals surface area contributed by atoms with Gasteiger partial charge in [-0.15, -0.1) is 0 Å². The van der Waals surface area contributed by atoms with Gasteiger partial charge in [0.1, 0.15) is 5.78 Å². The van der Waals surface area contributed by atoms with E-state index < -0.39 is 0 Å². The first-order valence-electron chi connectivity index (χ1n) is 11.6. The number of hydrogen-bond donors (Lipinski definition) is 0. The molecule has 0 aromatic heterocycles. The third kappa shape index (κ3) is 3.33. The van der Waals surface area contributed by atoms with Gasteiger partial charge in [0, 0.05) is 37.1 Å². The molecule has 0 radical (unpaired) electrons. The predicted molar refractivity (Wildman–Crippen MR) is 119 cm³/mol. The van der Waals surface area contributed by atoms with Crippen molar-refractivity contribution in [1.29, 1.82) is 0 Å². The lowest BCUT2D eigenvalue weighted by Gasteiger charge is -2.56. The second-order valence-electron chi connectivity index (χ2n) is 11.4. The van der Waals surface area contributed by atoms with Crippen LogP contribution in [0.15, 0.2) is 23.2 Å². The fourth-order valence-corrected chi connectivity index (χ4v) is 7.25. The Kier molecular flexibility index (Phi) is 4.50. The van der Waals surface area contributed by atoms with Crippen molar-refractivity contribution in [2.45, 2.75) is 70.8 Å². The lowest BCUT2D eigenvalue weighted by atomic mass is 9.48. The molecule has 4 aliphatic carbocycles. The predicted octanol–water partition coefficient (Wildman–Crippen LogP) is 4.69. The zero-order valence-electron chi connectivity index (χ0n) is 18.8. The van der Waals surface area contributed by atoms with Crippen LogP contribution in [0.5, 0.6) is 0 Å². The summed E-state index contributed by atoms with van der Waals surface area (Å²) in [6.07, 6.45) is 8.59. The number of carbonyl (C=O) groups excluding carboxylic acids is 2. The normalized spacial score (nSPS) is 33.1. The van der Waals surface area contributed by atoms with Crippen molar-refractivity contribution in [2.75, 3.05) is 14.1 Å². The van der Waals surface area contributed by atoms with Crippen LogP contribution in [-0.4, -0.2) is 41.9 Å². The third-order valence-electron chi connectivity index (χ3n) is 8.09. The van der Waals surface area contributed by atoms with E-state index in [-0.39, 0.29) is 16.9 Å². The van der Waals surface area contributed by atoms with Gasteiger partial charge in [-0.2, -0.15) is 0 Å². The van der Waals surface area contributed by atoms with Gasteiger partial charge in [0.25, 0.3) is 5.91 Å². The molecule has 4 bridgehead atoms. The van der Waals surface area contributed by atoms with Crippen LogP contribution in [0, 0.1) is 23.2 Å². The smallest absolute Gasteiger partial charge is 0.253 e. The highest BCUT2D eigenvalue weighted by Crippen LogP contribution is 2.60. The highest BCUT2D eigenvalue weighted by molar-refractivity contribution is 6.14. The summed E-state index contributed by atoms with van der Waals surface area (Å²) in [6.45, 7) is 4.29. The standard InChI is InChI=1S/C26H34N2O2/c1-25(2)15-20-6-5-19(24(30)28(3)4)10-21(20)22(27-25)11-23(29)26-12-16-7-17(13-26)9-18(8-16)14-26/h5-6,10,16-18H,7-9,11-15H2,1-4H3. The van der Waals surface area contributed by atoms with E-state index in [0.29, 0.717) is 17.8 Å². The van der Waals surface area contributed by atoms with E-state index >= 15 is 0 Å². The number of amides is 1. The molecule has 160 valence electrons. The minimum atomic E-state index is -0.211. The largest absolute Gasteiger partial charge is 0.345 e. The summed E-state index contributed by atoms with van der Waals surface area (Å²) in [5.41, 5.74) is 3.48. The highest BCUT2D eigenvalue weighted by Gasteiger charge is 2.54. The maximum absolute atomic E-state index is 13.8. The molecule has 30 heavy (non-hydrogen) atoms. The molecule has 1 heterocycles. The minimum absolute atomic E-state index is 0.00519. The van der Waals surface area contributed by atoms with E-state index in [4.69, 9.17) is 4.99 Å². The van der Waals surface area contributed by atoms with Gasteiger partial charge in [-0.05, 0) is 94.2 Å². The van der Waals surface area contributed by atoms with Crippen LogP contribution in [0.3, 0.4) is 0 Å². The summed E-state index contributed by atoms with van der Waals surface area (Å²) in [7, 11) is 3.55. The van der Waals surface area contributed by atoms with Crippen LogP contribution in [0.4, 0.5) is 0 Å². The van der Waals surface area contributed by atoms with Crippen LogP contribution < -0.4 is 0 Å². The molecule has 1 aromatic carbocycles. The molecule has 6 rings (SSSR count). The first-order valence-corrected chi connectivity index (χ1v) is 11.6. The van der Waals surface area contributed by atoms with Crippen molar-refractivity contribution in [3.63, 3.8) is 0 Å². The molecule has 0 spiro atoms. The van der Waals surface area contributed by atoms with Crippen molar-refractivity contribution in [3.05, 3.63) is 34.9 Å². The van der Waals surface area contributed by atoms with Gasteiger partial charge in [-0.25, -0.2) is 0 Å². The van der Waals surface area contributed by atoms with Gasteiger partial charge in [0.05, 0.1) is 11.3 Å². The minimum Gasteiger partial charge on any atom is -0.345 e. The second-order valence-corrected chi connectivity index (χ2v) is 11.4. The van der Waals surface area contributed by atoms with Crippen molar-refractivity contribution >= 4 is 17.4 Å². The monoisotopic (exact) mass is 406 g/mol. The molecule has 1 amide bonds. The molecular weight excluding hydrogens is 372 g/mol. The third-order valence-corrected chi connectivity index (χ3v) is 8.09. The average molecular weight is 407 g/mol. The first-order chi connectivity index (χ1) is 14.1. The molecule has 0 saturated heterocycles. The Labute approximate surface area is 180 Å².